The Morgan fingerprint density at radius 3 is 2.86 bits per heavy atom. The molecule has 1 aliphatic heterocycles. The minimum Gasteiger partial charge on any atom is -0.376 e. The molecule has 1 heterocycles. The van der Waals surface area contributed by atoms with Crippen molar-refractivity contribution in [3.05, 3.63) is 30.1 Å². The molecule has 0 amide bonds. The number of nitrogens with one attached hydrogen (secondary N) is 2. The third-order valence-corrected chi connectivity index (χ3v) is 4.54. The number of nitrogens with zero attached hydrogens (tertiary/aromatic N) is 1. The molecule has 122 valence electrons. The zero-order chi connectivity index (χ0) is 15.6. The average molecular weight is 325 g/mol. The van der Waals surface area contributed by atoms with Gasteiger partial charge in [0, 0.05) is 31.6 Å². The van der Waals surface area contributed by atoms with Gasteiger partial charge in [-0.15, -0.1) is 11.8 Å². The standard InChI is InChI=1S/C16H24FN3OS/c1-18-16(20-12-14-4-2-10-21-14)19-9-3-11-22-15-7-5-13(17)6-8-15/h5-8,14H,2-4,9-12H2,1H3,(H2,18,19,20). The van der Waals surface area contributed by atoms with Crippen molar-refractivity contribution in [1.29, 1.82) is 0 Å². The minimum atomic E-state index is -0.188. The smallest absolute Gasteiger partial charge is 0.191 e. The summed E-state index contributed by atoms with van der Waals surface area (Å²) in [6, 6.07) is 6.62. The third kappa shape index (κ3) is 6.23. The van der Waals surface area contributed by atoms with Crippen molar-refractivity contribution >= 4 is 17.7 Å². The van der Waals surface area contributed by atoms with Crippen LogP contribution in [0.25, 0.3) is 0 Å². The largest absolute Gasteiger partial charge is 0.376 e. The van der Waals surface area contributed by atoms with Crippen LogP contribution in [0.15, 0.2) is 34.2 Å². The number of halogens is 1. The molecule has 2 N–H and O–H groups in total. The summed E-state index contributed by atoms with van der Waals surface area (Å²) < 4.78 is 18.4. The van der Waals surface area contributed by atoms with Gasteiger partial charge in [-0.25, -0.2) is 4.39 Å². The van der Waals surface area contributed by atoms with Crippen LogP contribution < -0.4 is 10.6 Å². The lowest BCUT2D eigenvalue weighted by molar-refractivity contribution is 0.114. The number of guanidine groups is 1. The molecule has 1 unspecified atom stereocenters. The van der Waals surface area contributed by atoms with Gasteiger partial charge < -0.3 is 15.4 Å². The summed E-state index contributed by atoms with van der Waals surface area (Å²) in [6.45, 7) is 2.54. The van der Waals surface area contributed by atoms with Gasteiger partial charge in [-0.2, -0.15) is 0 Å². The van der Waals surface area contributed by atoms with Gasteiger partial charge in [0.15, 0.2) is 5.96 Å². The molecular formula is C16H24FN3OS. The van der Waals surface area contributed by atoms with Gasteiger partial charge in [0.1, 0.15) is 5.82 Å². The van der Waals surface area contributed by atoms with Gasteiger partial charge in [0.25, 0.3) is 0 Å². The van der Waals surface area contributed by atoms with Gasteiger partial charge in [0.2, 0.25) is 0 Å². The van der Waals surface area contributed by atoms with E-state index >= 15 is 0 Å². The van der Waals surface area contributed by atoms with E-state index in [9.17, 15) is 4.39 Å². The molecule has 22 heavy (non-hydrogen) atoms. The van der Waals surface area contributed by atoms with Crippen LogP contribution in [0.4, 0.5) is 4.39 Å². The Morgan fingerprint density at radius 2 is 2.18 bits per heavy atom. The van der Waals surface area contributed by atoms with Crippen LogP contribution in [0.5, 0.6) is 0 Å². The van der Waals surface area contributed by atoms with Crippen molar-refractivity contribution in [3.63, 3.8) is 0 Å². The normalized spacial score (nSPS) is 18.5. The van der Waals surface area contributed by atoms with Crippen molar-refractivity contribution < 1.29 is 9.13 Å². The maximum atomic E-state index is 12.8. The average Bonchev–Trinajstić information content (AvgIpc) is 3.05. The summed E-state index contributed by atoms with van der Waals surface area (Å²) in [4.78, 5) is 5.30. The molecule has 0 saturated carbocycles. The summed E-state index contributed by atoms with van der Waals surface area (Å²) in [7, 11) is 1.78. The molecule has 0 radical (unpaired) electrons. The number of benzene rings is 1. The van der Waals surface area contributed by atoms with Crippen LogP contribution in [0.2, 0.25) is 0 Å². The van der Waals surface area contributed by atoms with Gasteiger partial charge in [-0.3, -0.25) is 4.99 Å². The van der Waals surface area contributed by atoms with Gasteiger partial charge in [-0.1, -0.05) is 0 Å². The van der Waals surface area contributed by atoms with E-state index in [1.807, 2.05) is 12.1 Å². The molecule has 1 saturated heterocycles. The molecule has 0 spiro atoms. The number of hydrogen-bond donors (Lipinski definition) is 2. The van der Waals surface area contributed by atoms with Crippen LogP contribution >= 0.6 is 11.8 Å². The third-order valence-electron chi connectivity index (χ3n) is 3.44. The van der Waals surface area contributed by atoms with E-state index in [0.29, 0.717) is 6.10 Å². The predicted octanol–water partition coefficient (Wildman–Crippen LogP) is 2.65. The number of ether oxygens (including phenoxy) is 1. The lowest BCUT2D eigenvalue weighted by Gasteiger charge is -2.14. The maximum Gasteiger partial charge on any atom is 0.191 e. The van der Waals surface area contributed by atoms with E-state index < -0.39 is 0 Å². The quantitative estimate of drug-likeness (QED) is 0.350. The fourth-order valence-corrected chi connectivity index (χ4v) is 3.09. The summed E-state index contributed by atoms with van der Waals surface area (Å²) in [5.74, 6) is 1.62. The van der Waals surface area contributed by atoms with Gasteiger partial charge >= 0.3 is 0 Å². The van der Waals surface area contributed by atoms with Crippen LogP contribution in [0.1, 0.15) is 19.3 Å². The number of aliphatic imine (C=N–C) groups is 1. The van der Waals surface area contributed by atoms with E-state index in [-0.39, 0.29) is 5.82 Å². The fraction of sp³-hybridized carbons (Fsp3) is 0.562. The zero-order valence-electron chi connectivity index (χ0n) is 13.0. The summed E-state index contributed by atoms with van der Waals surface area (Å²) in [5.41, 5.74) is 0. The molecule has 4 nitrogen and oxygen atoms in total. The van der Waals surface area contributed by atoms with E-state index in [1.165, 1.54) is 12.1 Å². The number of hydrogen-bond acceptors (Lipinski definition) is 3. The van der Waals surface area contributed by atoms with E-state index in [1.54, 1.807) is 18.8 Å². The Kier molecular flexibility index (Phi) is 7.53. The molecule has 0 bridgehead atoms. The van der Waals surface area contributed by atoms with Crippen LogP contribution in [0.3, 0.4) is 0 Å². The topological polar surface area (TPSA) is 45.7 Å². The minimum absolute atomic E-state index is 0.188. The van der Waals surface area contributed by atoms with Gasteiger partial charge in [-0.05, 0) is 49.3 Å². The SMILES string of the molecule is CN=C(NCCCSc1ccc(F)cc1)NCC1CCCO1. The van der Waals surface area contributed by atoms with Crippen LogP contribution in [-0.4, -0.2) is 44.6 Å². The molecule has 0 aliphatic carbocycles. The van der Waals surface area contributed by atoms with Crippen molar-refractivity contribution in [2.45, 2.75) is 30.3 Å². The van der Waals surface area contributed by atoms with Crippen molar-refractivity contribution in [3.8, 4) is 0 Å². The van der Waals surface area contributed by atoms with Crippen LogP contribution in [0, 0.1) is 5.82 Å². The lowest BCUT2D eigenvalue weighted by atomic mass is 10.2. The Bertz CT molecular complexity index is 461. The van der Waals surface area contributed by atoms with Crippen molar-refractivity contribution in [1.82, 2.24) is 10.6 Å². The fourth-order valence-electron chi connectivity index (χ4n) is 2.24. The summed E-state index contributed by atoms with van der Waals surface area (Å²) in [5, 5.41) is 6.59. The van der Waals surface area contributed by atoms with E-state index in [4.69, 9.17) is 4.74 Å². The summed E-state index contributed by atoms with van der Waals surface area (Å²) in [6.07, 6.45) is 3.60. The Labute approximate surface area is 135 Å². The second-order valence-corrected chi connectivity index (χ2v) is 6.34. The van der Waals surface area contributed by atoms with Gasteiger partial charge in [0.05, 0.1) is 6.10 Å². The van der Waals surface area contributed by atoms with Crippen molar-refractivity contribution in [2.75, 3.05) is 32.5 Å². The first-order valence-corrected chi connectivity index (χ1v) is 8.71. The summed E-state index contributed by atoms with van der Waals surface area (Å²) >= 11 is 1.74. The lowest BCUT2D eigenvalue weighted by Crippen LogP contribution is -2.41. The Balaban J connectivity index is 1.55. The Morgan fingerprint density at radius 1 is 1.36 bits per heavy atom. The molecule has 1 fully saturated rings. The molecule has 1 aromatic carbocycles. The second-order valence-electron chi connectivity index (χ2n) is 5.17. The molecule has 1 atom stereocenters. The zero-order valence-corrected chi connectivity index (χ0v) is 13.8. The highest BCUT2D eigenvalue weighted by atomic mass is 32.2. The number of thioether (sulfide) groups is 1. The molecule has 1 aromatic rings. The van der Waals surface area contributed by atoms with Crippen LogP contribution in [-0.2, 0) is 4.74 Å². The highest BCUT2D eigenvalue weighted by Crippen LogP contribution is 2.18. The molecular weight excluding hydrogens is 301 g/mol. The predicted molar refractivity (Wildman–Crippen MR) is 90.1 cm³/mol. The first-order chi connectivity index (χ1) is 10.8. The molecule has 6 heteroatoms. The van der Waals surface area contributed by atoms with E-state index in [2.05, 4.69) is 15.6 Å². The Hall–Kier alpha value is -1.27. The second kappa shape index (κ2) is 9.69. The monoisotopic (exact) mass is 325 g/mol. The molecule has 1 aliphatic rings. The highest BCUT2D eigenvalue weighted by molar-refractivity contribution is 7.99. The molecule has 2 rings (SSSR count). The first kappa shape index (κ1) is 17.1. The first-order valence-electron chi connectivity index (χ1n) is 7.72. The molecule has 0 aromatic heterocycles. The number of rotatable bonds is 7. The van der Waals surface area contributed by atoms with Crippen molar-refractivity contribution in [2.24, 2.45) is 4.99 Å². The van der Waals surface area contributed by atoms with E-state index in [0.717, 1.165) is 55.6 Å². The maximum absolute atomic E-state index is 12.8. The highest BCUT2D eigenvalue weighted by Gasteiger charge is 2.15.